The third-order valence-corrected chi connectivity index (χ3v) is 4.44. The van der Waals surface area contributed by atoms with Crippen molar-refractivity contribution in [2.45, 2.75) is 18.8 Å². The minimum atomic E-state index is 0.140. The zero-order chi connectivity index (χ0) is 17.5. The minimum absolute atomic E-state index is 0.140. The van der Waals surface area contributed by atoms with E-state index in [9.17, 15) is 4.79 Å². The van der Waals surface area contributed by atoms with Crippen molar-refractivity contribution in [3.63, 3.8) is 0 Å². The number of carbonyl (C=O) groups is 1. The Bertz CT molecular complexity index is 793. The number of rotatable bonds is 7. The van der Waals surface area contributed by atoms with Crippen molar-refractivity contribution < 1.29 is 9.53 Å². The summed E-state index contributed by atoms with van der Waals surface area (Å²) in [4.78, 5) is 12.7. The summed E-state index contributed by atoms with van der Waals surface area (Å²) in [6, 6.07) is 27.9. The maximum atomic E-state index is 12.7. The fourth-order valence-corrected chi connectivity index (χ4v) is 3.05. The van der Waals surface area contributed by atoms with Crippen molar-refractivity contribution in [1.82, 2.24) is 0 Å². The van der Waals surface area contributed by atoms with Crippen molar-refractivity contribution in [2.75, 3.05) is 7.11 Å². The maximum absolute atomic E-state index is 12.7. The first kappa shape index (κ1) is 17.0. The lowest BCUT2D eigenvalue weighted by Crippen LogP contribution is -2.10. The minimum Gasteiger partial charge on any atom is -0.497 e. The van der Waals surface area contributed by atoms with E-state index in [-0.39, 0.29) is 11.7 Å². The summed E-state index contributed by atoms with van der Waals surface area (Å²) >= 11 is 0. The smallest absolute Gasteiger partial charge is 0.163 e. The van der Waals surface area contributed by atoms with E-state index in [1.807, 2.05) is 60.7 Å². The van der Waals surface area contributed by atoms with Crippen LogP contribution in [-0.2, 0) is 6.42 Å². The van der Waals surface area contributed by atoms with Crippen LogP contribution in [0.25, 0.3) is 0 Å². The number of carbonyl (C=O) groups excluding carboxylic acids is 1. The summed E-state index contributed by atoms with van der Waals surface area (Å²) in [7, 11) is 1.66. The van der Waals surface area contributed by atoms with Crippen LogP contribution in [0.4, 0.5) is 0 Å². The third-order valence-electron chi connectivity index (χ3n) is 4.44. The molecule has 0 N–H and O–H groups in total. The van der Waals surface area contributed by atoms with Gasteiger partial charge >= 0.3 is 0 Å². The highest BCUT2D eigenvalue weighted by atomic mass is 16.5. The molecule has 2 nitrogen and oxygen atoms in total. The van der Waals surface area contributed by atoms with E-state index in [2.05, 4.69) is 24.3 Å². The Hall–Kier alpha value is -2.87. The van der Waals surface area contributed by atoms with Crippen LogP contribution >= 0.6 is 0 Å². The number of Topliss-reactive ketones (excluding diaryl/α,β-unsaturated/α-hetero) is 1. The van der Waals surface area contributed by atoms with Crippen LogP contribution in [0.2, 0.25) is 0 Å². The van der Waals surface area contributed by atoms with E-state index in [0.717, 1.165) is 23.3 Å². The molecule has 0 aromatic heterocycles. The molecule has 0 bridgehead atoms. The van der Waals surface area contributed by atoms with Crippen LogP contribution < -0.4 is 4.74 Å². The standard InChI is InChI=1S/C23H22O2/c1-25-22-14-12-19(13-15-22)21(16-18-8-4-2-5-9-18)17-23(24)20-10-6-3-7-11-20/h2-15,21H,16-17H2,1H3. The average Bonchev–Trinajstić information content (AvgIpc) is 2.69. The zero-order valence-electron chi connectivity index (χ0n) is 14.4. The lowest BCUT2D eigenvalue weighted by molar-refractivity contribution is 0.0973. The molecule has 0 aliphatic carbocycles. The monoisotopic (exact) mass is 330 g/mol. The van der Waals surface area contributed by atoms with Crippen molar-refractivity contribution in [3.8, 4) is 5.75 Å². The molecule has 25 heavy (non-hydrogen) atoms. The number of hydrogen-bond acceptors (Lipinski definition) is 2. The molecule has 0 saturated heterocycles. The van der Waals surface area contributed by atoms with Gasteiger partial charge < -0.3 is 4.74 Å². The number of benzene rings is 3. The molecule has 0 spiro atoms. The topological polar surface area (TPSA) is 26.3 Å². The Kier molecular flexibility index (Phi) is 5.63. The summed E-state index contributed by atoms with van der Waals surface area (Å²) in [5, 5.41) is 0. The molecular weight excluding hydrogens is 308 g/mol. The molecule has 0 heterocycles. The van der Waals surface area contributed by atoms with Crippen molar-refractivity contribution in [1.29, 1.82) is 0 Å². The van der Waals surface area contributed by atoms with E-state index in [0.29, 0.717) is 6.42 Å². The second kappa shape index (κ2) is 8.29. The fourth-order valence-electron chi connectivity index (χ4n) is 3.05. The number of ether oxygens (including phenoxy) is 1. The molecular formula is C23H22O2. The SMILES string of the molecule is COc1ccc(C(CC(=O)c2ccccc2)Cc2ccccc2)cc1. The van der Waals surface area contributed by atoms with E-state index in [1.165, 1.54) is 5.56 Å². The molecule has 0 aliphatic rings. The molecule has 3 aromatic carbocycles. The molecule has 0 amide bonds. The van der Waals surface area contributed by atoms with E-state index >= 15 is 0 Å². The molecule has 0 fully saturated rings. The van der Waals surface area contributed by atoms with Gasteiger partial charge in [0.25, 0.3) is 0 Å². The second-order valence-electron chi connectivity index (χ2n) is 6.15. The Balaban J connectivity index is 1.84. The molecule has 1 unspecified atom stereocenters. The summed E-state index contributed by atoms with van der Waals surface area (Å²) in [5.74, 6) is 1.15. The first-order valence-electron chi connectivity index (χ1n) is 8.52. The Morgan fingerprint density at radius 2 is 1.44 bits per heavy atom. The van der Waals surface area contributed by atoms with E-state index < -0.39 is 0 Å². The lowest BCUT2D eigenvalue weighted by Gasteiger charge is -2.17. The highest BCUT2D eigenvalue weighted by Crippen LogP contribution is 2.27. The van der Waals surface area contributed by atoms with Crippen molar-refractivity contribution >= 4 is 5.78 Å². The van der Waals surface area contributed by atoms with Gasteiger partial charge in [-0.1, -0.05) is 72.8 Å². The van der Waals surface area contributed by atoms with Crippen LogP contribution in [0.3, 0.4) is 0 Å². The molecule has 3 rings (SSSR count). The summed E-state index contributed by atoms with van der Waals surface area (Å²) < 4.78 is 5.25. The number of methoxy groups -OCH3 is 1. The van der Waals surface area contributed by atoms with Gasteiger partial charge in [-0.15, -0.1) is 0 Å². The quantitative estimate of drug-likeness (QED) is 0.550. The van der Waals surface area contributed by atoms with E-state index in [4.69, 9.17) is 4.74 Å². The number of hydrogen-bond donors (Lipinski definition) is 0. The molecule has 3 aromatic rings. The van der Waals surface area contributed by atoms with Crippen LogP contribution in [0.5, 0.6) is 5.75 Å². The van der Waals surface area contributed by atoms with Gasteiger partial charge in [-0.2, -0.15) is 0 Å². The molecule has 0 radical (unpaired) electrons. The van der Waals surface area contributed by atoms with Gasteiger partial charge in [0.05, 0.1) is 7.11 Å². The third kappa shape index (κ3) is 4.57. The Labute approximate surface area is 149 Å². The summed E-state index contributed by atoms with van der Waals surface area (Å²) in [6.07, 6.45) is 1.33. The van der Waals surface area contributed by atoms with Crippen molar-refractivity contribution in [2.24, 2.45) is 0 Å². The summed E-state index contributed by atoms with van der Waals surface area (Å²) in [5.41, 5.74) is 3.17. The van der Waals surface area contributed by atoms with E-state index in [1.54, 1.807) is 7.11 Å². The molecule has 1 atom stereocenters. The number of ketones is 1. The van der Waals surface area contributed by atoms with Gasteiger partial charge in [0.1, 0.15) is 5.75 Å². The largest absolute Gasteiger partial charge is 0.497 e. The second-order valence-corrected chi connectivity index (χ2v) is 6.15. The van der Waals surface area contributed by atoms with Crippen LogP contribution in [0.1, 0.15) is 33.8 Å². The molecule has 0 aliphatic heterocycles. The maximum Gasteiger partial charge on any atom is 0.163 e. The average molecular weight is 330 g/mol. The van der Waals surface area contributed by atoms with Gasteiger partial charge in [-0.25, -0.2) is 0 Å². The molecule has 2 heteroatoms. The van der Waals surface area contributed by atoms with Crippen LogP contribution in [0.15, 0.2) is 84.9 Å². The van der Waals surface area contributed by atoms with Gasteiger partial charge in [0.15, 0.2) is 5.78 Å². The van der Waals surface area contributed by atoms with Crippen LogP contribution in [0, 0.1) is 0 Å². The molecule has 0 saturated carbocycles. The first-order valence-corrected chi connectivity index (χ1v) is 8.52. The summed E-state index contributed by atoms with van der Waals surface area (Å²) in [6.45, 7) is 0. The normalized spacial score (nSPS) is 11.7. The zero-order valence-corrected chi connectivity index (χ0v) is 14.4. The van der Waals surface area contributed by atoms with Gasteiger partial charge in [-0.3, -0.25) is 4.79 Å². The predicted octanol–water partition coefficient (Wildman–Crippen LogP) is 5.29. The lowest BCUT2D eigenvalue weighted by atomic mass is 9.86. The van der Waals surface area contributed by atoms with Gasteiger partial charge in [-0.05, 0) is 35.6 Å². The first-order chi connectivity index (χ1) is 12.3. The fraction of sp³-hybridized carbons (Fsp3) is 0.174. The Morgan fingerprint density at radius 1 is 0.840 bits per heavy atom. The Morgan fingerprint density at radius 3 is 2.04 bits per heavy atom. The predicted molar refractivity (Wildman–Crippen MR) is 101 cm³/mol. The van der Waals surface area contributed by atoms with Gasteiger partial charge in [0.2, 0.25) is 0 Å². The molecule has 126 valence electrons. The van der Waals surface area contributed by atoms with Crippen LogP contribution in [-0.4, -0.2) is 12.9 Å². The highest BCUT2D eigenvalue weighted by molar-refractivity contribution is 5.96. The highest BCUT2D eigenvalue weighted by Gasteiger charge is 2.18. The van der Waals surface area contributed by atoms with Gasteiger partial charge in [0, 0.05) is 12.0 Å². The van der Waals surface area contributed by atoms with Crippen molar-refractivity contribution in [3.05, 3.63) is 102 Å².